The van der Waals surface area contributed by atoms with E-state index in [1.54, 1.807) is 0 Å². The molecule has 0 bridgehead atoms. The standard InChI is InChI=1S/C14H29NO2/c1-6-8-9-13(14(16)17-5)15-12(4)10-11(3)7-2/h11-13,15H,6-10H2,1-5H3. The van der Waals surface area contributed by atoms with Crippen molar-refractivity contribution in [2.24, 2.45) is 5.92 Å². The number of rotatable bonds is 9. The first-order valence-electron chi connectivity index (χ1n) is 6.88. The third kappa shape index (κ3) is 7.37. The Hall–Kier alpha value is -0.570. The van der Waals surface area contributed by atoms with Crippen molar-refractivity contribution in [1.29, 1.82) is 0 Å². The highest BCUT2D eigenvalue weighted by molar-refractivity contribution is 5.75. The summed E-state index contributed by atoms with van der Waals surface area (Å²) in [4.78, 5) is 11.6. The summed E-state index contributed by atoms with van der Waals surface area (Å²) < 4.78 is 4.84. The van der Waals surface area contributed by atoms with Gasteiger partial charge < -0.3 is 10.1 Å². The maximum atomic E-state index is 11.6. The van der Waals surface area contributed by atoms with E-state index < -0.39 is 0 Å². The fraction of sp³-hybridized carbons (Fsp3) is 0.929. The topological polar surface area (TPSA) is 38.3 Å². The van der Waals surface area contributed by atoms with E-state index in [0.717, 1.165) is 25.7 Å². The van der Waals surface area contributed by atoms with Crippen molar-refractivity contribution in [2.75, 3.05) is 7.11 Å². The van der Waals surface area contributed by atoms with Gasteiger partial charge in [-0.05, 0) is 25.7 Å². The quantitative estimate of drug-likeness (QED) is 0.632. The zero-order valence-electron chi connectivity index (χ0n) is 12.1. The summed E-state index contributed by atoms with van der Waals surface area (Å²) in [6.07, 6.45) is 5.33. The zero-order chi connectivity index (χ0) is 13.3. The van der Waals surface area contributed by atoms with Crippen molar-refractivity contribution < 1.29 is 9.53 Å². The largest absolute Gasteiger partial charge is 0.468 e. The normalized spacial score (nSPS) is 16.3. The van der Waals surface area contributed by atoms with Gasteiger partial charge in [0.1, 0.15) is 6.04 Å². The van der Waals surface area contributed by atoms with Gasteiger partial charge in [-0.3, -0.25) is 4.79 Å². The summed E-state index contributed by atoms with van der Waals surface area (Å²) >= 11 is 0. The Morgan fingerprint density at radius 2 is 1.94 bits per heavy atom. The molecule has 0 amide bonds. The van der Waals surface area contributed by atoms with Crippen molar-refractivity contribution in [3.63, 3.8) is 0 Å². The van der Waals surface area contributed by atoms with Crippen LogP contribution in [0.3, 0.4) is 0 Å². The maximum absolute atomic E-state index is 11.6. The van der Waals surface area contributed by atoms with Crippen LogP contribution in [-0.4, -0.2) is 25.2 Å². The molecule has 0 aliphatic rings. The highest BCUT2D eigenvalue weighted by Gasteiger charge is 2.20. The Bertz CT molecular complexity index is 206. The van der Waals surface area contributed by atoms with E-state index in [0.29, 0.717) is 12.0 Å². The summed E-state index contributed by atoms with van der Waals surface area (Å²) in [5.41, 5.74) is 0. The van der Waals surface area contributed by atoms with Gasteiger partial charge in [0.2, 0.25) is 0 Å². The van der Waals surface area contributed by atoms with E-state index in [1.165, 1.54) is 13.5 Å². The third-order valence-corrected chi connectivity index (χ3v) is 3.27. The second-order valence-corrected chi connectivity index (χ2v) is 5.03. The van der Waals surface area contributed by atoms with Crippen LogP contribution in [0.2, 0.25) is 0 Å². The molecule has 3 unspecified atom stereocenters. The molecule has 0 aromatic carbocycles. The molecule has 3 heteroatoms. The van der Waals surface area contributed by atoms with Gasteiger partial charge in [-0.25, -0.2) is 0 Å². The Morgan fingerprint density at radius 1 is 1.29 bits per heavy atom. The molecule has 0 aromatic heterocycles. The molecule has 0 aliphatic carbocycles. The number of hydrogen-bond acceptors (Lipinski definition) is 3. The van der Waals surface area contributed by atoms with E-state index in [4.69, 9.17) is 4.74 Å². The van der Waals surface area contributed by atoms with Crippen LogP contribution in [0.1, 0.15) is 59.8 Å². The van der Waals surface area contributed by atoms with Crippen LogP contribution in [-0.2, 0) is 9.53 Å². The zero-order valence-corrected chi connectivity index (χ0v) is 12.1. The first kappa shape index (κ1) is 16.4. The van der Waals surface area contributed by atoms with E-state index in [1.807, 2.05) is 0 Å². The molecule has 0 fully saturated rings. The first-order chi connectivity index (χ1) is 8.04. The second-order valence-electron chi connectivity index (χ2n) is 5.03. The minimum Gasteiger partial charge on any atom is -0.468 e. The minimum atomic E-state index is -0.140. The number of hydrogen-bond donors (Lipinski definition) is 1. The fourth-order valence-electron chi connectivity index (χ4n) is 2.00. The van der Waals surface area contributed by atoms with Crippen molar-refractivity contribution in [3.05, 3.63) is 0 Å². The van der Waals surface area contributed by atoms with Gasteiger partial charge in [-0.15, -0.1) is 0 Å². The van der Waals surface area contributed by atoms with Gasteiger partial charge in [0.25, 0.3) is 0 Å². The van der Waals surface area contributed by atoms with Gasteiger partial charge >= 0.3 is 5.97 Å². The predicted molar refractivity (Wildman–Crippen MR) is 72.0 cm³/mol. The van der Waals surface area contributed by atoms with Crippen molar-refractivity contribution >= 4 is 5.97 Å². The SMILES string of the molecule is CCCCC(NC(C)CC(C)CC)C(=O)OC. The summed E-state index contributed by atoms with van der Waals surface area (Å²) in [7, 11) is 1.46. The molecule has 0 heterocycles. The van der Waals surface area contributed by atoms with E-state index >= 15 is 0 Å². The first-order valence-corrected chi connectivity index (χ1v) is 6.88. The minimum absolute atomic E-state index is 0.130. The van der Waals surface area contributed by atoms with Crippen LogP contribution in [0.15, 0.2) is 0 Å². The molecule has 0 aromatic rings. The lowest BCUT2D eigenvalue weighted by Crippen LogP contribution is -2.43. The highest BCUT2D eigenvalue weighted by atomic mass is 16.5. The van der Waals surface area contributed by atoms with E-state index in [9.17, 15) is 4.79 Å². The molecular weight excluding hydrogens is 214 g/mol. The number of methoxy groups -OCH3 is 1. The van der Waals surface area contributed by atoms with Gasteiger partial charge in [0.15, 0.2) is 0 Å². The number of esters is 1. The third-order valence-electron chi connectivity index (χ3n) is 3.27. The number of carbonyl (C=O) groups excluding carboxylic acids is 1. The lowest BCUT2D eigenvalue weighted by Gasteiger charge is -2.23. The average Bonchev–Trinajstić information content (AvgIpc) is 2.33. The average molecular weight is 243 g/mol. The van der Waals surface area contributed by atoms with Crippen LogP contribution >= 0.6 is 0 Å². The molecule has 102 valence electrons. The number of unbranched alkanes of at least 4 members (excludes halogenated alkanes) is 1. The summed E-state index contributed by atoms with van der Waals surface area (Å²) in [6, 6.07) is 0.227. The van der Waals surface area contributed by atoms with Crippen LogP contribution in [0.4, 0.5) is 0 Å². The number of nitrogens with one attached hydrogen (secondary N) is 1. The summed E-state index contributed by atoms with van der Waals surface area (Å²) in [6.45, 7) is 8.73. The molecule has 0 saturated carbocycles. The van der Waals surface area contributed by atoms with Gasteiger partial charge in [0, 0.05) is 6.04 Å². The van der Waals surface area contributed by atoms with Crippen LogP contribution in [0.25, 0.3) is 0 Å². The molecule has 3 atom stereocenters. The fourth-order valence-corrected chi connectivity index (χ4v) is 2.00. The highest BCUT2D eigenvalue weighted by Crippen LogP contribution is 2.11. The van der Waals surface area contributed by atoms with E-state index in [2.05, 4.69) is 33.0 Å². The Labute approximate surface area is 106 Å². The molecule has 17 heavy (non-hydrogen) atoms. The Kier molecular flexibility index (Phi) is 9.14. The maximum Gasteiger partial charge on any atom is 0.322 e. The summed E-state index contributed by atoms with van der Waals surface area (Å²) in [5.74, 6) is 0.566. The van der Waals surface area contributed by atoms with Crippen LogP contribution in [0.5, 0.6) is 0 Å². The molecule has 0 radical (unpaired) electrons. The van der Waals surface area contributed by atoms with E-state index in [-0.39, 0.29) is 12.0 Å². The molecular formula is C14H29NO2. The smallest absolute Gasteiger partial charge is 0.322 e. The molecule has 0 rings (SSSR count). The van der Waals surface area contributed by atoms with Gasteiger partial charge in [-0.1, -0.05) is 40.0 Å². The van der Waals surface area contributed by atoms with Crippen molar-refractivity contribution in [2.45, 2.75) is 71.9 Å². The number of carbonyl (C=O) groups is 1. The summed E-state index contributed by atoms with van der Waals surface area (Å²) in [5, 5.41) is 3.39. The van der Waals surface area contributed by atoms with Crippen LogP contribution < -0.4 is 5.32 Å². The molecule has 0 spiro atoms. The van der Waals surface area contributed by atoms with Crippen molar-refractivity contribution in [1.82, 2.24) is 5.32 Å². The Balaban J connectivity index is 4.16. The predicted octanol–water partition coefficient (Wildman–Crippen LogP) is 3.13. The van der Waals surface area contributed by atoms with Gasteiger partial charge in [-0.2, -0.15) is 0 Å². The number of ether oxygens (including phenoxy) is 1. The molecule has 0 saturated heterocycles. The second kappa shape index (κ2) is 9.46. The van der Waals surface area contributed by atoms with Crippen LogP contribution in [0, 0.1) is 5.92 Å². The Morgan fingerprint density at radius 3 is 2.41 bits per heavy atom. The lowest BCUT2D eigenvalue weighted by molar-refractivity contribution is -0.143. The van der Waals surface area contributed by atoms with Gasteiger partial charge in [0.05, 0.1) is 7.11 Å². The molecule has 0 aliphatic heterocycles. The molecule has 1 N–H and O–H groups in total. The van der Waals surface area contributed by atoms with Crippen molar-refractivity contribution in [3.8, 4) is 0 Å². The lowest BCUT2D eigenvalue weighted by atomic mass is 9.99. The molecule has 3 nitrogen and oxygen atoms in total. The monoisotopic (exact) mass is 243 g/mol.